The summed E-state index contributed by atoms with van der Waals surface area (Å²) in [6.45, 7) is 0. The molecule has 14 heteroatoms. The number of hydrogen-bond acceptors (Lipinski definition) is 7. The molecule has 33 heavy (non-hydrogen) atoms. The van der Waals surface area contributed by atoms with Crippen molar-refractivity contribution in [2.24, 2.45) is 0 Å². The number of hydrogen-bond donors (Lipinski definition) is 3. The Morgan fingerprint density at radius 2 is 1.73 bits per heavy atom. The summed E-state index contributed by atoms with van der Waals surface area (Å²) in [5, 5.41) is 5.26. The Bertz CT molecular complexity index is 1240. The van der Waals surface area contributed by atoms with Crippen molar-refractivity contribution >= 4 is 38.9 Å². The van der Waals surface area contributed by atoms with E-state index in [1.54, 1.807) is 12.1 Å². The fourth-order valence-electron chi connectivity index (χ4n) is 2.49. The molecule has 3 rings (SSSR count). The number of benzene rings is 2. The second-order valence-electron chi connectivity index (χ2n) is 6.55. The van der Waals surface area contributed by atoms with Crippen LogP contribution in [0.5, 0.6) is 5.75 Å². The zero-order valence-electron chi connectivity index (χ0n) is 16.7. The van der Waals surface area contributed by atoms with E-state index in [1.165, 1.54) is 24.3 Å². The standard InChI is InChI=1S/C19H16F5N5O3S/c1-33(30,31)29-15-8-3-2-7-14(15)27-16-13(20)10-25-18(28-16)26-11-5-4-6-12(9-11)32-19(23,24)17(21)22/h2-10,17,29H,1H3,(H2,25,26,27,28). The number of nitrogens with zero attached hydrogens (tertiary/aromatic N) is 2. The highest BCUT2D eigenvalue weighted by Crippen LogP contribution is 2.30. The fourth-order valence-corrected chi connectivity index (χ4v) is 3.07. The van der Waals surface area contributed by atoms with E-state index in [1.807, 2.05) is 0 Å². The molecular formula is C19H16F5N5O3S. The summed E-state index contributed by atoms with van der Waals surface area (Å²) in [6.07, 6.45) is -6.94. The highest BCUT2D eigenvalue weighted by Gasteiger charge is 2.44. The Hall–Kier alpha value is -3.68. The lowest BCUT2D eigenvalue weighted by atomic mass is 10.2. The third-order valence-corrected chi connectivity index (χ3v) is 4.41. The van der Waals surface area contributed by atoms with E-state index in [9.17, 15) is 30.4 Å². The van der Waals surface area contributed by atoms with Gasteiger partial charge in [-0.25, -0.2) is 17.8 Å². The maximum Gasteiger partial charge on any atom is 0.461 e. The van der Waals surface area contributed by atoms with Gasteiger partial charge in [0.25, 0.3) is 0 Å². The molecule has 0 aliphatic rings. The van der Waals surface area contributed by atoms with Gasteiger partial charge in [-0.3, -0.25) is 4.72 Å². The van der Waals surface area contributed by atoms with Crippen LogP contribution in [-0.2, 0) is 10.0 Å². The Balaban J connectivity index is 1.82. The lowest BCUT2D eigenvalue weighted by Gasteiger charge is -2.17. The van der Waals surface area contributed by atoms with Gasteiger partial charge in [-0.1, -0.05) is 18.2 Å². The Labute approximate surface area is 184 Å². The summed E-state index contributed by atoms with van der Waals surface area (Å²) < 4.78 is 94.5. The summed E-state index contributed by atoms with van der Waals surface area (Å²) >= 11 is 0. The quantitative estimate of drug-likeness (QED) is 0.374. The van der Waals surface area contributed by atoms with Crippen LogP contribution in [-0.4, -0.2) is 37.2 Å². The van der Waals surface area contributed by atoms with Crippen molar-refractivity contribution in [3.63, 3.8) is 0 Å². The van der Waals surface area contributed by atoms with Crippen molar-refractivity contribution < 1.29 is 35.1 Å². The number of para-hydroxylation sites is 2. The molecule has 1 aromatic heterocycles. The van der Waals surface area contributed by atoms with Crippen LogP contribution < -0.4 is 20.1 Å². The molecule has 8 nitrogen and oxygen atoms in total. The molecule has 1 heterocycles. The third-order valence-electron chi connectivity index (χ3n) is 3.82. The van der Waals surface area contributed by atoms with Crippen molar-refractivity contribution in [1.82, 2.24) is 9.97 Å². The van der Waals surface area contributed by atoms with Gasteiger partial charge in [-0.05, 0) is 24.3 Å². The molecule has 0 aliphatic heterocycles. The van der Waals surface area contributed by atoms with E-state index in [0.29, 0.717) is 0 Å². The summed E-state index contributed by atoms with van der Waals surface area (Å²) in [4.78, 5) is 7.67. The SMILES string of the molecule is CS(=O)(=O)Nc1ccccc1Nc1nc(Nc2cccc(OC(F)(F)C(F)F)c2)ncc1F. The number of ether oxygens (including phenoxy) is 1. The maximum atomic E-state index is 14.3. The average Bonchev–Trinajstić information content (AvgIpc) is 2.71. The minimum Gasteiger partial charge on any atom is -0.428 e. The summed E-state index contributed by atoms with van der Waals surface area (Å²) in [5.41, 5.74) is 0.419. The lowest BCUT2D eigenvalue weighted by molar-refractivity contribution is -0.253. The van der Waals surface area contributed by atoms with Crippen LogP contribution in [0.1, 0.15) is 0 Å². The summed E-state index contributed by atoms with van der Waals surface area (Å²) in [7, 11) is -3.61. The van der Waals surface area contributed by atoms with Crippen LogP contribution in [0.4, 0.5) is 50.8 Å². The van der Waals surface area contributed by atoms with Crippen LogP contribution in [0.15, 0.2) is 54.7 Å². The summed E-state index contributed by atoms with van der Waals surface area (Å²) in [6, 6.07) is 10.8. The normalized spacial score (nSPS) is 11.8. The zero-order chi connectivity index (χ0) is 24.2. The number of aromatic nitrogens is 2. The van der Waals surface area contributed by atoms with Gasteiger partial charge in [-0.15, -0.1) is 0 Å². The van der Waals surface area contributed by atoms with Crippen molar-refractivity contribution in [1.29, 1.82) is 0 Å². The Kier molecular flexibility index (Phi) is 6.86. The highest BCUT2D eigenvalue weighted by atomic mass is 32.2. The van der Waals surface area contributed by atoms with Gasteiger partial charge in [-0.2, -0.15) is 22.5 Å². The molecule has 0 radical (unpaired) electrons. The zero-order valence-corrected chi connectivity index (χ0v) is 17.5. The topological polar surface area (TPSA) is 105 Å². The predicted octanol–water partition coefficient (Wildman–Crippen LogP) is 4.71. The first-order valence-electron chi connectivity index (χ1n) is 9.01. The number of sulfonamides is 1. The van der Waals surface area contributed by atoms with E-state index < -0.39 is 34.1 Å². The van der Waals surface area contributed by atoms with Crippen LogP contribution in [0, 0.1) is 5.82 Å². The predicted molar refractivity (Wildman–Crippen MR) is 111 cm³/mol. The number of alkyl halides is 4. The third kappa shape index (κ3) is 6.65. The maximum absolute atomic E-state index is 14.3. The van der Waals surface area contributed by atoms with E-state index in [0.717, 1.165) is 24.6 Å². The second-order valence-corrected chi connectivity index (χ2v) is 8.30. The van der Waals surface area contributed by atoms with Gasteiger partial charge >= 0.3 is 12.5 Å². The smallest absolute Gasteiger partial charge is 0.428 e. The first-order chi connectivity index (χ1) is 15.4. The molecule has 0 fully saturated rings. The molecule has 0 saturated heterocycles. The monoisotopic (exact) mass is 489 g/mol. The minimum atomic E-state index is -4.69. The molecule has 0 spiro atoms. The molecule has 3 aromatic rings. The van der Waals surface area contributed by atoms with Crippen molar-refractivity contribution in [3.8, 4) is 5.75 Å². The van der Waals surface area contributed by atoms with Crippen molar-refractivity contribution in [3.05, 3.63) is 60.5 Å². The van der Waals surface area contributed by atoms with Crippen LogP contribution in [0.25, 0.3) is 0 Å². The molecule has 0 amide bonds. The minimum absolute atomic E-state index is 0.0919. The molecule has 3 N–H and O–H groups in total. The fraction of sp³-hybridized carbons (Fsp3) is 0.158. The van der Waals surface area contributed by atoms with Gasteiger partial charge in [0, 0.05) is 11.8 Å². The molecule has 176 valence electrons. The molecule has 2 aromatic carbocycles. The molecular weight excluding hydrogens is 473 g/mol. The van der Waals surface area contributed by atoms with Crippen LogP contribution in [0.3, 0.4) is 0 Å². The van der Waals surface area contributed by atoms with Gasteiger partial charge in [0.2, 0.25) is 16.0 Å². The molecule has 0 unspecified atom stereocenters. The van der Waals surface area contributed by atoms with E-state index in [2.05, 4.69) is 30.1 Å². The first-order valence-corrected chi connectivity index (χ1v) is 10.9. The highest BCUT2D eigenvalue weighted by molar-refractivity contribution is 7.92. The number of rotatable bonds is 9. The van der Waals surface area contributed by atoms with Crippen molar-refractivity contribution in [2.45, 2.75) is 12.5 Å². The van der Waals surface area contributed by atoms with Gasteiger partial charge in [0.05, 0.1) is 23.8 Å². The number of nitrogens with one attached hydrogen (secondary N) is 3. The van der Waals surface area contributed by atoms with Crippen molar-refractivity contribution in [2.75, 3.05) is 21.6 Å². The molecule has 0 saturated carbocycles. The summed E-state index contributed by atoms with van der Waals surface area (Å²) in [5.74, 6) is -1.92. The van der Waals surface area contributed by atoms with E-state index in [4.69, 9.17) is 0 Å². The van der Waals surface area contributed by atoms with Crippen LogP contribution in [0.2, 0.25) is 0 Å². The Morgan fingerprint density at radius 1 is 1.03 bits per heavy atom. The average molecular weight is 489 g/mol. The number of anilines is 5. The molecule has 0 bridgehead atoms. The van der Waals surface area contributed by atoms with Crippen LogP contribution >= 0.6 is 0 Å². The number of halogens is 5. The van der Waals surface area contributed by atoms with Gasteiger partial charge in [0.1, 0.15) is 5.75 Å². The lowest BCUT2D eigenvalue weighted by Crippen LogP contribution is -2.33. The Morgan fingerprint density at radius 3 is 2.39 bits per heavy atom. The van der Waals surface area contributed by atoms with E-state index >= 15 is 0 Å². The van der Waals surface area contributed by atoms with E-state index in [-0.39, 0.29) is 28.8 Å². The molecule has 0 aliphatic carbocycles. The van der Waals surface area contributed by atoms with Gasteiger partial charge < -0.3 is 15.4 Å². The van der Waals surface area contributed by atoms with Gasteiger partial charge in [0.15, 0.2) is 11.6 Å². The molecule has 0 atom stereocenters. The largest absolute Gasteiger partial charge is 0.461 e. The first kappa shape index (κ1) is 24.0. The second kappa shape index (κ2) is 9.44.